The van der Waals surface area contributed by atoms with E-state index < -0.39 is 0 Å². The highest BCUT2D eigenvalue weighted by Gasteiger charge is 2.27. The van der Waals surface area contributed by atoms with Crippen molar-refractivity contribution in [2.75, 3.05) is 5.73 Å². The zero-order chi connectivity index (χ0) is 12.3. The zero-order valence-electron chi connectivity index (χ0n) is 10.6. The molecule has 4 heteroatoms. The predicted octanol–water partition coefficient (Wildman–Crippen LogP) is 2.54. The Labute approximate surface area is 103 Å². The number of nitrogen functional groups attached to an aromatic ring is 1. The van der Waals surface area contributed by atoms with Gasteiger partial charge in [-0.25, -0.2) is 9.97 Å². The molecule has 17 heavy (non-hydrogen) atoms. The van der Waals surface area contributed by atoms with E-state index in [1.807, 2.05) is 6.07 Å². The Hall–Kier alpha value is -1.16. The quantitative estimate of drug-likeness (QED) is 0.874. The molecule has 94 valence electrons. The van der Waals surface area contributed by atoms with Gasteiger partial charge in [0.2, 0.25) is 5.95 Å². The minimum atomic E-state index is 0.316. The maximum absolute atomic E-state index is 5.87. The maximum Gasteiger partial charge on any atom is 0.220 e. The third-order valence-corrected chi connectivity index (χ3v) is 3.48. The van der Waals surface area contributed by atoms with Gasteiger partial charge < -0.3 is 10.5 Å². The number of hydrogen-bond acceptors (Lipinski definition) is 4. The van der Waals surface area contributed by atoms with Gasteiger partial charge in [0.25, 0.3) is 0 Å². The van der Waals surface area contributed by atoms with Crippen LogP contribution >= 0.6 is 0 Å². The lowest BCUT2D eigenvalue weighted by Crippen LogP contribution is -2.26. The molecule has 0 unspecified atom stereocenters. The average molecular weight is 235 g/mol. The highest BCUT2D eigenvalue weighted by molar-refractivity contribution is 5.16. The Bertz CT molecular complexity index is 369. The molecular weight excluding hydrogens is 214 g/mol. The molecular formula is C13H21N3O. The Morgan fingerprint density at radius 1 is 1.41 bits per heavy atom. The number of aromatic nitrogens is 2. The van der Waals surface area contributed by atoms with Crippen molar-refractivity contribution >= 4 is 5.95 Å². The second kappa shape index (κ2) is 5.00. The lowest BCUT2D eigenvalue weighted by atomic mass is 9.76. The first-order valence-electron chi connectivity index (χ1n) is 6.24. The van der Waals surface area contributed by atoms with E-state index >= 15 is 0 Å². The van der Waals surface area contributed by atoms with Crippen LogP contribution in [0.3, 0.4) is 0 Å². The van der Waals surface area contributed by atoms with E-state index in [0.717, 1.165) is 18.5 Å². The van der Waals surface area contributed by atoms with Gasteiger partial charge in [0.15, 0.2) is 0 Å². The fourth-order valence-corrected chi connectivity index (χ4v) is 2.24. The first kappa shape index (κ1) is 12.3. The van der Waals surface area contributed by atoms with Crippen molar-refractivity contribution in [2.45, 2.75) is 52.2 Å². The maximum atomic E-state index is 5.87. The van der Waals surface area contributed by atoms with E-state index in [1.54, 1.807) is 6.20 Å². The van der Waals surface area contributed by atoms with Gasteiger partial charge in [-0.2, -0.15) is 0 Å². The molecule has 0 atom stereocenters. The van der Waals surface area contributed by atoms with Crippen LogP contribution in [0.25, 0.3) is 0 Å². The molecule has 4 nitrogen and oxygen atoms in total. The fourth-order valence-electron chi connectivity index (χ4n) is 2.24. The Morgan fingerprint density at radius 3 is 2.76 bits per heavy atom. The molecule has 1 saturated carbocycles. The minimum absolute atomic E-state index is 0.316. The van der Waals surface area contributed by atoms with Crippen LogP contribution in [0.2, 0.25) is 0 Å². The van der Waals surface area contributed by atoms with Crippen molar-refractivity contribution in [3.05, 3.63) is 18.0 Å². The van der Waals surface area contributed by atoms with Crippen LogP contribution in [-0.2, 0) is 11.3 Å². The molecule has 0 aliphatic heterocycles. The molecule has 1 aliphatic rings. The largest absolute Gasteiger partial charge is 0.372 e. The monoisotopic (exact) mass is 235 g/mol. The minimum Gasteiger partial charge on any atom is -0.372 e. The number of nitrogens with two attached hydrogens (primary N) is 1. The summed E-state index contributed by atoms with van der Waals surface area (Å²) in [5.41, 5.74) is 6.87. The van der Waals surface area contributed by atoms with Gasteiger partial charge >= 0.3 is 0 Å². The normalized spacial score (nSPS) is 20.4. The van der Waals surface area contributed by atoms with E-state index in [9.17, 15) is 0 Å². The van der Waals surface area contributed by atoms with E-state index in [2.05, 4.69) is 23.8 Å². The number of nitrogens with zero attached hydrogens (tertiary/aromatic N) is 2. The summed E-state index contributed by atoms with van der Waals surface area (Å²) in [4.78, 5) is 7.99. The van der Waals surface area contributed by atoms with Crippen molar-refractivity contribution in [3.8, 4) is 0 Å². The molecule has 1 fully saturated rings. The lowest BCUT2D eigenvalue weighted by Gasteiger charge is -2.34. The molecule has 0 aromatic carbocycles. The summed E-state index contributed by atoms with van der Waals surface area (Å²) in [6.45, 7) is 5.19. The van der Waals surface area contributed by atoms with Crippen molar-refractivity contribution in [2.24, 2.45) is 5.41 Å². The number of anilines is 1. The van der Waals surface area contributed by atoms with Crippen molar-refractivity contribution in [3.63, 3.8) is 0 Å². The summed E-state index contributed by atoms with van der Waals surface area (Å²) in [5, 5.41) is 0. The summed E-state index contributed by atoms with van der Waals surface area (Å²) in [7, 11) is 0. The van der Waals surface area contributed by atoms with E-state index in [0.29, 0.717) is 24.1 Å². The summed E-state index contributed by atoms with van der Waals surface area (Å²) < 4.78 is 5.87. The van der Waals surface area contributed by atoms with Gasteiger partial charge in [-0.05, 0) is 37.2 Å². The molecule has 1 heterocycles. The molecule has 2 rings (SSSR count). The summed E-state index contributed by atoms with van der Waals surface area (Å²) >= 11 is 0. The highest BCUT2D eigenvalue weighted by Crippen LogP contribution is 2.36. The second-order valence-electron chi connectivity index (χ2n) is 5.58. The molecule has 1 aromatic heterocycles. The van der Waals surface area contributed by atoms with Gasteiger partial charge in [0, 0.05) is 6.20 Å². The Kier molecular flexibility index (Phi) is 3.62. The van der Waals surface area contributed by atoms with Crippen LogP contribution in [0.15, 0.2) is 12.3 Å². The first-order valence-corrected chi connectivity index (χ1v) is 6.24. The fraction of sp³-hybridized carbons (Fsp3) is 0.692. The van der Waals surface area contributed by atoms with Gasteiger partial charge in [-0.1, -0.05) is 13.8 Å². The number of ether oxygens (including phenoxy) is 1. The Morgan fingerprint density at radius 2 is 2.12 bits per heavy atom. The van der Waals surface area contributed by atoms with Gasteiger partial charge in [-0.3, -0.25) is 0 Å². The standard InChI is InChI=1S/C13H21N3O/c1-13(2)6-3-11(4-7-13)17-9-10-5-8-15-12(14)16-10/h5,8,11H,3-4,6-7,9H2,1-2H3,(H2,14,15,16). The van der Waals surface area contributed by atoms with Crippen LogP contribution in [0.1, 0.15) is 45.2 Å². The summed E-state index contributed by atoms with van der Waals surface area (Å²) in [6, 6.07) is 1.85. The summed E-state index contributed by atoms with van der Waals surface area (Å²) in [5.74, 6) is 0.316. The molecule has 0 saturated heterocycles. The zero-order valence-corrected chi connectivity index (χ0v) is 10.6. The van der Waals surface area contributed by atoms with Crippen molar-refractivity contribution in [1.29, 1.82) is 0 Å². The highest BCUT2D eigenvalue weighted by atomic mass is 16.5. The molecule has 0 amide bonds. The third kappa shape index (κ3) is 3.66. The van der Waals surface area contributed by atoms with E-state index in [1.165, 1.54) is 12.8 Å². The van der Waals surface area contributed by atoms with Crippen molar-refractivity contribution in [1.82, 2.24) is 9.97 Å². The molecule has 1 aliphatic carbocycles. The molecule has 1 aromatic rings. The molecule has 2 N–H and O–H groups in total. The van der Waals surface area contributed by atoms with Gasteiger partial charge in [0.1, 0.15) is 0 Å². The van der Waals surface area contributed by atoms with Gasteiger partial charge in [-0.15, -0.1) is 0 Å². The third-order valence-electron chi connectivity index (χ3n) is 3.48. The lowest BCUT2D eigenvalue weighted by molar-refractivity contribution is -0.00687. The van der Waals surface area contributed by atoms with Crippen LogP contribution in [0.4, 0.5) is 5.95 Å². The number of hydrogen-bond donors (Lipinski definition) is 1. The van der Waals surface area contributed by atoms with Crippen LogP contribution in [-0.4, -0.2) is 16.1 Å². The smallest absolute Gasteiger partial charge is 0.220 e. The molecule has 0 spiro atoms. The second-order valence-corrected chi connectivity index (χ2v) is 5.58. The van der Waals surface area contributed by atoms with Crippen molar-refractivity contribution < 1.29 is 4.74 Å². The van der Waals surface area contributed by atoms with Gasteiger partial charge in [0.05, 0.1) is 18.4 Å². The van der Waals surface area contributed by atoms with Crippen LogP contribution in [0.5, 0.6) is 0 Å². The first-order chi connectivity index (χ1) is 8.05. The Balaban J connectivity index is 1.80. The predicted molar refractivity (Wildman–Crippen MR) is 67.3 cm³/mol. The molecule has 0 radical (unpaired) electrons. The summed E-state index contributed by atoms with van der Waals surface area (Å²) in [6.07, 6.45) is 6.82. The number of rotatable bonds is 3. The topological polar surface area (TPSA) is 61.0 Å². The van der Waals surface area contributed by atoms with E-state index in [4.69, 9.17) is 10.5 Å². The molecule has 0 bridgehead atoms. The average Bonchev–Trinajstić information content (AvgIpc) is 2.28. The SMILES string of the molecule is CC1(C)CCC(OCc2ccnc(N)n2)CC1. The van der Waals surface area contributed by atoms with Crippen LogP contribution in [0, 0.1) is 5.41 Å². The van der Waals surface area contributed by atoms with Crippen LogP contribution < -0.4 is 5.73 Å². The van der Waals surface area contributed by atoms with E-state index in [-0.39, 0.29) is 0 Å².